The first kappa shape index (κ1) is 14.6. The van der Waals surface area contributed by atoms with Crippen molar-refractivity contribution in [3.05, 3.63) is 53.3 Å². The fourth-order valence-corrected chi connectivity index (χ4v) is 2.02. The van der Waals surface area contributed by atoms with E-state index in [1.807, 2.05) is 13.0 Å². The van der Waals surface area contributed by atoms with Crippen LogP contribution in [-0.4, -0.2) is 15.6 Å². The van der Waals surface area contributed by atoms with Crippen LogP contribution < -0.4 is 5.32 Å². The number of carbonyl (C=O) groups excluding carboxylic acids is 1. The molecule has 1 amide bonds. The molecule has 2 N–H and O–H groups in total. The molecule has 1 unspecified atom stereocenters. The first-order valence-corrected chi connectivity index (χ1v) is 6.85. The fourth-order valence-electron chi connectivity index (χ4n) is 1.89. The van der Waals surface area contributed by atoms with Gasteiger partial charge in [0.05, 0.1) is 6.10 Å². The number of benzene rings is 1. The summed E-state index contributed by atoms with van der Waals surface area (Å²) in [6.45, 7) is 2.12. The summed E-state index contributed by atoms with van der Waals surface area (Å²) in [7, 11) is 0. The van der Waals surface area contributed by atoms with Gasteiger partial charge in [0.2, 0.25) is 5.91 Å². The fraction of sp³-hybridized carbons (Fsp3) is 0.267. The van der Waals surface area contributed by atoms with Crippen molar-refractivity contribution < 1.29 is 9.90 Å². The van der Waals surface area contributed by atoms with Crippen LogP contribution in [0.3, 0.4) is 0 Å². The summed E-state index contributed by atoms with van der Waals surface area (Å²) in [5, 5.41) is 13.1. The average molecular weight is 293 g/mol. The number of aliphatic hydroxyl groups excluding tert-OH is 1. The van der Waals surface area contributed by atoms with Crippen LogP contribution in [0.1, 0.15) is 25.0 Å². The van der Waals surface area contributed by atoms with Crippen LogP contribution >= 0.6 is 11.6 Å². The number of aliphatic hydroxyl groups is 1. The van der Waals surface area contributed by atoms with Gasteiger partial charge in [-0.2, -0.15) is 0 Å². The van der Waals surface area contributed by atoms with Gasteiger partial charge in [-0.15, -0.1) is 0 Å². The van der Waals surface area contributed by atoms with Gasteiger partial charge < -0.3 is 15.0 Å². The third kappa shape index (κ3) is 3.85. The molecule has 0 spiro atoms. The second-order valence-corrected chi connectivity index (χ2v) is 5.03. The first-order valence-electron chi connectivity index (χ1n) is 6.47. The number of hydrogen-bond acceptors (Lipinski definition) is 2. The number of nitrogens with zero attached hydrogens (tertiary/aromatic N) is 1. The second-order valence-electron chi connectivity index (χ2n) is 4.60. The molecule has 2 rings (SSSR count). The van der Waals surface area contributed by atoms with Gasteiger partial charge in [0.25, 0.3) is 0 Å². The van der Waals surface area contributed by atoms with E-state index in [1.165, 1.54) is 0 Å². The van der Waals surface area contributed by atoms with E-state index in [2.05, 4.69) is 5.32 Å². The van der Waals surface area contributed by atoms with Crippen LogP contribution in [0.4, 0.5) is 5.69 Å². The molecule has 2 aromatic rings. The highest BCUT2D eigenvalue weighted by molar-refractivity contribution is 6.30. The van der Waals surface area contributed by atoms with Crippen molar-refractivity contribution in [3.63, 3.8) is 0 Å². The van der Waals surface area contributed by atoms with E-state index in [-0.39, 0.29) is 12.5 Å². The van der Waals surface area contributed by atoms with E-state index in [1.54, 1.807) is 41.2 Å². The Hall–Kier alpha value is -1.78. The molecule has 1 atom stereocenters. The topological polar surface area (TPSA) is 54.3 Å². The summed E-state index contributed by atoms with van der Waals surface area (Å²) in [6, 6.07) is 8.78. The van der Waals surface area contributed by atoms with E-state index in [0.717, 1.165) is 5.56 Å². The molecular weight excluding hydrogens is 276 g/mol. The normalized spacial score (nSPS) is 12.2. The zero-order valence-electron chi connectivity index (χ0n) is 11.2. The molecular formula is C15H17ClN2O2. The molecule has 1 heterocycles. The lowest BCUT2D eigenvalue weighted by atomic mass is 10.1. The Balaban J connectivity index is 1.94. The van der Waals surface area contributed by atoms with Crippen molar-refractivity contribution in [2.75, 3.05) is 5.32 Å². The highest BCUT2D eigenvalue weighted by Gasteiger charge is 2.08. The smallest absolute Gasteiger partial charge is 0.244 e. The molecule has 0 radical (unpaired) electrons. The van der Waals surface area contributed by atoms with Crippen molar-refractivity contribution in [1.29, 1.82) is 0 Å². The van der Waals surface area contributed by atoms with Crippen LogP contribution in [0.15, 0.2) is 42.7 Å². The maximum Gasteiger partial charge on any atom is 0.244 e. The minimum absolute atomic E-state index is 0.125. The maximum atomic E-state index is 11.9. The summed E-state index contributed by atoms with van der Waals surface area (Å²) >= 11 is 5.78. The monoisotopic (exact) mass is 292 g/mol. The Bertz CT molecular complexity index is 578. The molecule has 0 aliphatic rings. The number of carbonyl (C=O) groups is 1. The summed E-state index contributed by atoms with van der Waals surface area (Å²) < 4.78 is 1.75. The largest absolute Gasteiger partial charge is 0.388 e. The molecule has 1 aromatic carbocycles. The van der Waals surface area contributed by atoms with Crippen LogP contribution in [0.2, 0.25) is 5.02 Å². The predicted octanol–water partition coefficient (Wildman–Crippen LogP) is 3.22. The van der Waals surface area contributed by atoms with Crippen LogP contribution in [-0.2, 0) is 11.3 Å². The van der Waals surface area contributed by atoms with Gasteiger partial charge in [0.15, 0.2) is 0 Å². The van der Waals surface area contributed by atoms with E-state index >= 15 is 0 Å². The minimum atomic E-state index is -0.476. The molecule has 0 aliphatic carbocycles. The van der Waals surface area contributed by atoms with Crippen LogP contribution in [0.25, 0.3) is 0 Å². The third-order valence-electron chi connectivity index (χ3n) is 3.00. The molecule has 0 bridgehead atoms. The van der Waals surface area contributed by atoms with Crippen molar-refractivity contribution >= 4 is 23.2 Å². The Morgan fingerprint density at radius 3 is 2.70 bits per heavy atom. The maximum absolute atomic E-state index is 11.9. The van der Waals surface area contributed by atoms with Crippen LogP contribution in [0.5, 0.6) is 0 Å². The van der Waals surface area contributed by atoms with Gasteiger partial charge in [-0.05, 0) is 42.3 Å². The highest BCUT2D eigenvalue weighted by atomic mass is 35.5. The molecule has 20 heavy (non-hydrogen) atoms. The molecule has 4 nitrogen and oxygen atoms in total. The molecule has 0 fully saturated rings. The van der Waals surface area contributed by atoms with E-state index in [0.29, 0.717) is 17.1 Å². The Labute approximate surface area is 123 Å². The van der Waals surface area contributed by atoms with E-state index in [9.17, 15) is 9.90 Å². The number of hydrogen-bond donors (Lipinski definition) is 2. The number of halogens is 1. The van der Waals surface area contributed by atoms with Crippen molar-refractivity contribution in [2.45, 2.75) is 26.0 Å². The van der Waals surface area contributed by atoms with E-state index < -0.39 is 6.10 Å². The van der Waals surface area contributed by atoms with Gasteiger partial charge in [0.1, 0.15) is 6.54 Å². The van der Waals surface area contributed by atoms with Gasteiger partial charge in [-0.3, -0.25) is 4.79 Å². The van der Waals surface area contributed by atoms with Gasteiger partial charge >= 0.3 is 0 Å². The minimum Gasteiger partial charge on any atom is -0.388 e. The molecule has 1 aromatic heterocycles. The standard InChI is InChI=1S/C15H17ClN2O2/c1-2-14(19)11-7-8-18(9-11)10-15(20)17-13-5-3-12(16)4-6-13/h3-9,14,19H,2,10H2,1H3,(H,17,20). The summed E-state index contributed by atoms with van der Waals surface area (Å²) in [4.78, 5) is 11.9. The van der Waals surface area contributed by atoms with Crippen molar-refractivity contribution in [1.82, 2.24) is 4.57 Å². The number of nitrogens with one attached hydrogen (secondary N) is 1. The second kappa shape index (κ2) is 6.59. The zero-order chi connectivity index (χ0) is 14.5. The third-order valence-corrected chi connectivity index (χ3v) is 3.25. The van der Waals surface area contributed by atoms with Gasteiger partial charge in [0, 0.05) is 23.1 Å². The van der Waals surface area contributed by atoms with Crippen LogP contribution in [0, 0.1) is 0 Å². The molecule has 0 saturated carbocycles. The van der Waals surface area contributed by atoms with Crippen molar-refractivity contribution in [2.24, 2.45) is 0 Å². The summed E-state index contributed by atoms with van der Waals surface area (Å²) in [6.07, 6.45) is 3.75. The Kier molecular flexibility index (Phi) is 4.82. The Morgan fingerprint density at radius 2 is 2.05 bits per heavy atom. The molecule has 0 aliphatic heterocycles. The highest BCUT2D eigenvalue weighted by Crippen LogP contribution is 2.16. The van der Waals surface area contributed by atoms with Gasteiger partial charge in [-0.25, -0.2) is 0 Å². The SMILES string of the molecule is CCC(O)c1ccn(CC(=O)Nc2ccc(Cl)cc2)c1. The average Bonchev–Trinajstić information content (AvgIpc) is 2.89. The number of amides is 1. The first-order chi connectivity index (χ1) is 9.58. The van der Waals surface area contributed by atoms with E-state index in [4.69, 9.17) is 11.6 Å². The lowest BCUT2D eigenvalue weighted by Gasteiger charge is -2.07. The Morgan fingerprint density at radius 1 is 1.35 bits per heavy atom. The lowest BCUT2D eigenvalue weighted by Crippen LogP contribution is -2.17. The number of anilines is 1. The summed E-state index contributed by atoms with van der Waals surface area (Å²) in [5.74, 6) is -0.125. The van der Waals surface area contributed by atoms with Gasteiger partial charge in [-0.1, -0.05) is 18.5 Å². The lowest BCUT2D eigenvalue weighted by molar-refractivity contribution is -0.116. The molecule has 0 saturated heterocycles. The zero-order valence-corrected chi connectivity index (χ0v) is 12.0. The molecule has 106 valence electrons. The summed E-state index contributed by atoms with van der Waals surface area (Å²) in [5.41, 5.74) is 1.53. The quantitative estimate of drug-likeness (QED) is 0.889. The predicted molar refractivity (Wildman–Crippen MR) is 79.8 cm³/mol. The number of aromatic nitrogens is 1. The molecule has 5 heteroatoms. The van der Waals surface area contributed by atoms with Crippen molar-refractivity contribution in [3.8, 4) is 0 Å². The number of rotatable bonds is 5.